The van der Waals surface area contributed by atoms with Crippen molar-refractivity contribution in [3.63, 3.8) is 0 Å². The highest BCUT2D eigenvalue weighted by atomic mass is 16.5. The summed E-state index contributed by atoms with van der Waals surface area (Å²) in [4.78, 5) is 21.5. The third-order valence-electron chi connectivity index (χ3n) is 4.10. The van der Waals surface area contributed by atoms with Crippen LogP contribution in [-0.4, -0.2) is 29.6 Å². The number of methoxy groups -OCH3 is 1. The number of nitriles is 1. The molecule has 30 heavy (non-hydrogen) atoms. The molecule has 154 valence electrons. The summed E-state index contributed by atoms with van der Waals surface area (Å²) in [7, 11) is 1.49. The number of aryl methyl sites for hydroxylation is 2. The number of allylic oxidation sites excluding steroid dienone is 4. The van der Waals surface area contributed by atoms with Crippen LogP contribution in [0.15, 0.2) is 41.5 Å². The summed E-state index contributed by atoms with van der Waals surface area (Å²) in [6.07, 6.45) is 9.47. The van der Waals surface area contributed by atoms with E-state index in [1.54, 1.807) is 31.3 Å². The lowest BCUT2D eigenvalue weighted by Crippen LogP contribution is -2.20. The number of rotatable bonds is 8. The molecular formula is C21H22N6O3. The fourth-order valence-corrected chi connectivity index (χ4v) is 2.84. The molecule has 0 bridgehead atoms. The van der Waals surface area contributed by atoms with Gasteiger partial charge in [0.25, 0.3) is 5.91 Å². The van der Waals surface area contributed by atoms with Crippen molar-refractivity contribution in [1.82, 2.24) is 15.4 Å². The van der Waals surface area contributed by atoms with Crippen molar-refractivity contribution >= 4 is 22.9 Å². The first kappa shape index (κ1) is 22.2. The van der Waals surface area contributed by atoms with Gasteiger partial charge in [-0.2, -0.15) is 10.8 Å². The van der Waals surface area contributed by atoms with Gasteiger partial charge < -0.3 is 9.47 Å². The molecule has 0 radical (unpaired) electrons. The molecule has 0 unspecified atom stereocenters. The van der Waals surface area contributed by atoms with Gasteiger partial charge in [-0.15, -0.1) is 0 Å². The monoisotopic (exact) mass is 406 g/mol. The normalized spacial score (nSPS) is 11.6. The molecule has 2 aromatic rings. The average molecular weight is 406 g/mol. The number of fused-ring (bicyclic) bond motifs is 1. The predicted molar refractivity (Wildman–Crippen MR) is 112 cm³/mol. The number of carbonyl (C=O) groups excluding carboxylic acids is 1. The highest BCUT2D eigenvalue weighted by Gasteiger charge is 2.21. The largest absolute Gasteiger partial charge is 0.504 e. The van der Waals surface area contributed by atoms with E-state index in [-0.39, 0.29) is 5.56 Å². The Bertz CT molecular complexity index is 1100. The zero-order valence-electron chi connectivity index (χ0n) is 17.2. The minimum Gasteiger partial charge on any atom is -0.504 e. The molecule has 0 spiro atoms. The number of hydrogen-bond acceptors (Lipinski definition) is 8. The Labute approximate surface area is 174 Å². The Morgan fingerprint density at radius 2 is 2.20 bits per heavy atom. The van der Waals surface area contributed by atoms with E-state index in [0.29, 0.717) is 40.2 Å². The fraction of sp³-hybridized carbons (Fsp3) is 0.238. The number of pyridine rings is 2. The van der Waals surface area contributed by atoms with E-state index < -0.39 is 5.91 Å². The van der Waals surface area contributed by atoms with E-state index in [1.165, 1.54) is 19.4 Å². The summed E-state index contributed by atoms with van der Waals surface area (Å²) in [5.41, 5.74) is 12.1. The summed E-state index contributed by atoms with van der Waals surface area (Å²) >= 11 is 0. The van der Waals surface area contributed by atoms with Crippen LogP contribution in [0.3, 0.4) is 0 Å². The maximum absolute atomic E-state index is 12.6. The van der Waals surface area contributed by atoms with Crippen LogP contribution in [0.25, 0.3) is 17.0 Å². The van der Waals surface area contributed by atoms with Gasteiger partial charge in [0.15, 0.2) is 0 Å². The van der Waals surface area contributed by atoms with Crippen LogP contribution in [0.1, 0.15) is 34.1 Å². The summed E-state index contributed by atoms with van der Waals surface area (Å²) in [6.45, 7) is 5.79. The van der Waals surface area contributed by atoms with E-state index >= 15 is 0 Å². The Morgan fingerprint density at radius 3 is 2.83 bits per heavy atom. The molecule has 0 fully saturated rings. The lowest BCUT2D eigenvalue weighted by Gasteiger charge is -2.15. The van der Waals surface area contributed by atoms with Crippen molar-refractivity contribution in [2.75, 3.05) is 13.7 Å². The van der Waals surface area contributed by atoms with Gasteiger partial charge in [0.1, 0.15) is 0 Å². The Kier molecular flexibility index (Phi) is 7.76. The van der Waals surface area contributed by atoms with Gasteiger partial charge in [0.2, 0.25) is 5.88 Å². The van der Waals surface area contributed by atoms with Crippen LogP contribution in [0.4, 0.5) is 0 Å². The lowest BCUT2D eigenvalue weighted by molar-refractivity contribution is 0.0949. The van der Waals surface area contributed by atoms with Crippen molar-refractivity contribution < 1.29 is 14.3 Å². The number of hydrogen-bond donors (Lipinski definition) is 2. The molecule has 1 amide bonds. The number of nitrogens with zero attached hydrogens (tertiary/aromatic N) is 4. The number of amides is 1. The third-order valence-corrected chi connectivity index (χ3v) is 4.10. The zero-order chi connectivity index (χ0) is 22.1. The maximum atomic E-state index is 12.6. The molecule has 0 saturated heterocycles. The van der Waals surface area contributed by atoms with E-state index in [1.807, 2.05) is 19.9 Å². The molecule has 0 saturated carbocycles. The molecule has 2 aromatic heterocycles. The van der Waals surface area contributed by atoms with Gasteiger partial charge in [-0.1, -0.05) is 17.4 Å². The van der Waals surface area contributed by atoms with Crippen molar-refractivity contribution in [2.45, 2.75) is 20.8 Å². The molecule has 9 heteroatoms. The van der Waals surface area contributed by atoms with Crippen LogP contribution in [0.5, 0.6) is 5.88 Å². The number of ether oxygens (including phenoxy) is 2. The van der Waals surface area contributed by atoms with Gasteiger partial charge in [0.05, 0.1) is 53.8 Å². The van der Waals surface area contributed by atoms with Crippen LogP contribution in [0.2, 0.25) is 0 Å². The standard InChI is InChI=1S/C21H22N6O3/c1-5-30-21-18-16(8-6-7-15(11-22)9-10-29-4)17(20(28)26-27-23)14(3)25-19(18)13(2)12-24-21/h6-10,12H,5H2,1-4H3,(H2,23,26,28)/b8-6+,10-9+,15-7+. The summed E-state index contributed by atoms with van der Waals surface area (Å²) in [6, 6.07) is 2.04. The second-order valence-electron chi connectivity index (χ2n) is 6.07. The van der Waals surface area contributed by atoms with E-state index in [4.69, 9.17) is 15.0 Å². The zero-order valence-corrected chi connectivity index (χ0v) is 17.2. The molecule has 2 heterocycles. The van der Waals surface area contributed by atoms with Crippen LogP contribution < -0.4 is 10.2 Å². The topological polar surface area (TPSA) is 133 Å². The van der Waals surface area contributed by atoms with Gasteiger partial charge in [-0.3, -0.25) is 9.78 Å². The van der Waals surface area contributed by atoms with Crippen LogP contribution >= 0.6 is 0 Å². The number of aromatic nitrogens is 2. The molecule has 2 rings (SSSR count). The Morgan fingerprint density at radius 1 is 1.43 bits per heavy atom. The summed E-state index contributed by atoms with van der Waals surface area (Å²) in [5, 5.41) is 12.8. The molecule has 0 aromatic carbocycles. The van der Waals surface area contributed by atoms with Gasteiger partial charge in [0, 0.05) is 11.8 Å². The predicted octanol–water partition coefficient (Wildman–Crippen LogP) is 3.94. The number of carbonyl (C=O) groups is 1. The first-order valence-electron chi connectivity index (χ1n) is 9.05. The van der Waals surface area contributed by atoms with Gasteiger partial charge in [-0.05, 0) is 38.5 Å². The second kappa shape index (κ2) is 10.5. The Balaban J connectivity index is 2.83. The fourth-order valence-electron chi connectivity index (χ4n) is 2.84. The lowest BCUT2D eigenvalue weighted by atomic mass is 9.98. The van der Waals surface area contributed by atoms with Gasteiger partial charge >= 0.3 is 0 Å². The molecule has 2 N–H and O–H groups in total. The first-order valence-corrected chi connectivity index (χ1v) is 9.05. The summed E-state index contributed by atoms with van der Waals surface area (Å²) < 4.78 is 10.5. The van der Waals surface area contributed by atoms with E-state index in [2.05, 4.69) is 20.6 Å². The quantitative estimate of drug-likeness (QED) is 0.224. The average Bonchev–Trinajstić information content (AvgIpc) is 2.72. The van der Waals surface area contributed by atoms with Gasteiger partial charge in [-0.25, -0.2) is 10.4 Å². The molecule has 0 aliphatic carbocycles. The SMILES string of the molecule is CCOc1ncc(C)c2nc(C)c(C(=O)NN=N)c(/C=C/C=C(C#N)\C=C\OC)c12. The highest BCUT2D eigenvalue weighted by Crippen LogP contribution is 2.33. The smallest absolute Gasteiger partial charge is 0.275 e. The molecule has 0 atom stereocenters. The minimum absolute atomic E-state index is 0.238. The molecule has 0 aliphatic rings. The van der Waals surface area contributed by atoms with E-state index in [0.717, 1.165) is 5.56 Å². The van der Waals surface area contributed by atoms with Crippen molar-refractivity contribution in [1.29, 1.82) is 10.8 Å². The Hall–Kier alpha value is -4.06. The van der Waals surface area contributed by atoms with Crippen LogP contribution in [0, 0.1) is 30.7 Å². The molecular weight excluding hydrogens is 384 g/mol. The van der Waals surface area contributed by atoms with Crippen molar-refractivity contribution in [2.24, 2.45) is 5.22 Å². The second-order valence-corrected chi connectivity index (χ2v) is 6.07. The van der Waals surface area contributed by atoms with Crippen molar-refractivity contribution in [3.05, 3.63) is 58.6 Å². The maximum Gasteiger partial charge on any atom is 0.275 e. The molecule has 9 nitrogen and oxygen atoms in total. The minimum atomic E-state index is -0.579. The third kappa shape index (κ3) is 4.86. The number of nitrogens with one attached hydrogen (secondary N) is 2. The first-order chi connectivity index (χ1) is 14.5. The highest BCUT2D eigenvalue weighted by molar-refractivity contribution is 6.06. The van der Waals surface area contributed by atoms with E-state index in [9.17, 15) is 10.1 Å². The van der Waals surface area contributed by atoms with Crippen molar-refractivity contribution in [3.8, 4) is 11.9 Å². The van der Waals surface area contributed by atoms with Crippen LogP contribution in [-0.2, 0) is 4.74 Å². The molecule has 0 aliphatic heterocycles. The summed E-state index contributed by atoms with van der Waals surface area (Å²) in [5.74, 6) is -0.241.